The van der Waals surface area contributed by atoms with Crippen molar-refractivity contribution in [3.05, 3.63) is 0 Å². The molecule has 0 bridgehead atoms. The lowest BCUT2D eigenvalue weighted by atomic mass is 9.82. The minimum atomic E-state index is 0.468. The molecule has 0 heterocycles. The van der Waals surface area contributed by atoms with Crippen LogP contribution in [0.5, 0.6) is 0 Å². The Morgan fingerprint density at radius 1 is 0.500 bits per heavy atom. The summed E-state index contributed by atoms with van der Waals surface area (Å²) in [7, 11) is 2.23. The van der Waals surface area contributed by atoms with Gasteiger partial charge in [0.25, 0.3) is 0 Å². The monoisotopic (exact) mass is 397 g/mol. The molecule has 172 valence electrons. The Morgan fingerprint density at radius 2 is 0.750 bits per heavy atom. The molecule has 0 N–H and O–H groups in total. The first kappa shape index (κ1) is 30.2. The second kappa shape index (κ2) is 12.6. The Kier molecular flexibility index (Phi) is 13.6. The Bertz CT molecular complexity index is 293. The Hall–Kier alpha value is -0.0400. The minimum Gasteiger partial charge on any atom is -0.306 e. The van der Waals surface area contributed by atoms with Crippen molar-refractivity contribution in [2.75, 3.05) is 20.1 Å². The van der Waals surface area contributed by atoms with Gasteiger partial charge < -0.3 is 4.90 Å². The van der Waals surface area contributed by atoms with Crippen LogP contribution in [0, 0.1) is 27.6 Å². The fourth-order valence-electron chi connectivity index (χ4n) is 2.67. The van der Waals surface area contributed by atoms with Crippen LogP contribution in [0.25, 0.3) is 0 Å². The predicted octanol–water partition coefficient (Wildman–Crippen LogP) is 9.07. The molecule has 28 heavy (non-hydrogen) atoms. The van der Waals surface area contributed by atoms with Gasteiger partial charge in [-0.25, -0.2) is 0 Å². The van der Waals surface area contributed by atoms with E-state index < -0.39 is 0 Å². The van der Waals surface area contributed by atoms with E-state index in [1.807, 2.05) is 0 Å². The van der Waals surface area contributed by atoms with Crippen molar-refractivity contribution in [3.63, 3.8) is 0 Å². The zero-order valence-corrected chi connectivity index (χ0v) is 22.7. The molecule has 0 fully saturated rings. The van der Waals surface area contributed by atoms with Crippen LogP contribution in [0.3, 0.4) is 0 Å². The molecule has 0 saturated carbocycles. The summed E-state index contributed by atoms with van der Waals surface area (Å²) < 4.78 is 0. The molecule has 0 atom stereocenters. The molecule has 1 heteroatoms. The SMILES string of the molecule is CC(CCC(C)(C)C)CCC(C)(C)C.CN(CCC(C)(C)C)CCC(C)(C)C. The van der Waals surface area contributed by atoms with Gasteiger partial charge in [0, 0.05) is 0 Å². The van der Waals surface area contributed by atoms with Crippen LogP contribution in [0.2, 0.25) is 0 Å². The third-order valence-corrected chi connectivity index (χ3v) is 5.26. The van der Waals surface area contributed by atoms with E-state index in [1.165, 1.54) is 51.6 Å². The lowest BCUT2D eigenvalue weighted by molar-refractivity contribution is 0.231. The molecule has 0 aliphatic rings. The quantitative estimate of drug-likeness (QED) is 0.394. The van der Waals surface area contributed by atoms with E-state index in [-0.39, 0.29) is 0 Å². The van der Waals surface area contributed by atoms with E-state index >= 15 is 0 Å². The summed E-state index contributed by atoms with van der Waals surface area (Å²) >= 11 is 0. The average molecular weight is 398 g/mol. The van der Waals surface area contributed by atoms with Crippen molar-refractivity contribution in [2.24, 2.45) is 27.6 Å². The summed E-state index contributed by atoms with van der Waals surface area (Å²) in [6, 6.07) is 0. The number of rotatable bonds is 8. The molecule has 0 rings (SSSR count). The smallest absolute Gasteiger partial charge is 0.00168 e. The van der Waals surface area contributed by atoms with Crippen molar-refractivity contribution < 1.29 is 0 Å². The van der Waals surface area contributed by atoms with Crippen molar-refractivity contribution in [3.8, 4) is 0 Å². The lowest BCUT2D eigenvalue weighted by Crippen LogP contribution is -2.27. The minimum absolute atomic E-state index is 0.468. The van der Waals surface area contributed by atoms with E-state index in [4.69, 9.17) is 0 Å². The van der Waals surface area contributed by atoms with Gasteiger partial charge in [0.05, 0.1) is 0 Å². The fourth-order valence-corrected chi connectivity index (χ4v) is 2.67. The Labute approximate surface area is 181 Å². The summed E-state index contributed by atoms with van der Waals surface area (Å²) in [4.78, 5) is 2.45. The Morgan fingerprint density at radius 3 is 0.964 bits per heavy atom. The third-order valence-electron chi connectivity index (χ3n) is 5.26. The number of nitrogens with zero attached hydrogens (tertiary/aromatic N) is 1. The van der Waals surface area contributed by atoms with Gasteiger partial charge in [-0.05, 0) is 73.4 Å². The molecule has 0 aromatic heterocycles. The van der Waals surface area contributed by atoms with E-state index in [1.54, 1.807) is 0 Å². The summed E-state index contributed by atoms with van der Waals surface area (Å²) in [5.74, 6) is 0.897. The van der Waals surface area contributed by atoms with Crippen LogP contribution in [0.15, 0.2) is 0 Å². The van der Waals surface area contributed by atoms with Crippen LogP contribution >= 0.6 is 0 Å². The molecule has 0 unspecified atom stereocenters. The summed E-state index contributed by atoms with van der Waals surface area (Å²) in [5, 5.41) is 0. The molecule has 0 amide bonds. The molecule has 0 aromatic rings. The normalized spacial score (nSPS) is 13.7. The highest BCUT2D eigenvalue weighted by molar-refractivity contribution is 4.68. The molecular formula is C27H59N. The fraction of sp³-hybridized carbons (Fsp3) is 1.00. The van der Waals surface area contributed by atoms with Gasteiger partial charge >= 0.3 is 0 Å². The van der Waals surface area contributed by atoms with Gasteiger partial charge in [0.15, 0.2) is 0 Å². The zero-order valence-electron chi connectivity index (χ0n) is 22.7. The predicted molar refractivity (Wildman–Crippen MR) is 132 cm³/mol. The number of hydrogen-bond donors (Lipinski definition) is 0. The van der Waals surface area contributed by atoms with Crippen molar-refractivity contribution >= 4 is 0 Å². The summed E-state index contributed by atoms with van der Waals surface area (Å²) in [5.41, 5.74) is 1.96. The summed E-state index contributed by atoms with van der Waals surface area (Å²) in [6.07, 6.45) is 8.07. The second-order valence-corrected chi connectivity index (χ2v) is 14.2. The maximum Gasteiger partial charge on any atom is -0.00168 e. The van der Waals surface area contributed by atoms with Crippen molar-refractivity contribution in [1.29, 1.82) is 0 Å². The zero-order chi connectivity index (χ0) is 22.8. The second-order valence-electron chi connectivity index (χ2n) is 14.2. The first-order valence-electron chi connectivity index (χ1n) is 11.9. The maximum absolute atomic E-state index is 2.45. The molecule has 0 saturated heterocycles. The van der Waals surface area contributed by atoms with Gasteiger partial charge in [0.1, 0.15) is 0 Å². The third kappa shape index (κ3) is 28.2. The highest BCUT2D eigenvalue weighted by atomic mass is 15.1. The molecule has 0 spiro atoms. The lowest BCUT2D eigenvalue weighted by Gasteiger charge is -2.26. The highest BCUT2D eigenvalue weighted by Gasteiger charge is 2.16. The number of hydrogen-bond acceptors (Lipinski definition) is 1. The van der Waals surface area contributed by atoms with Crippen LogP contribution in [-0.2, 0) is 0 Å². The molecule has 1 nitrogen and oxygen atoms in total. The van der Waals surface area contributed by atoms with Crippen LogP contribution in [0.4, 0.5) is 0 Å². The van der Waals surface area contributed by atoms with E-state index in [0.717, 1.165) is 5.92 Å². The average Bonchev–Trinajstić information content (AvgIpc) is 2.44. The van der Waals surface area contributed by atoms with E-state index in [0.29, 0.717) is 21.7 Å². The van der Waals surface area contributed by atoms with Crippen LogP contribution in [0.1, 0.15) is 129 Å². The molecule has 0 aromatic carbocycles. The molecular weight excluding hydrogens is 338 g/mol. The van der Waals surface area contributed by atoms with Crippen molar-refractivity contribution in [2.45, 2.75) is 129 Å². The van der Waals surface area contributed by atoms with E-state index in [9.17, 15) is 0 Å². The molecule has 0 aliphatic carbocycles. The topological polar surface area (TPSA) is 3.24 Å². The summed E-state index contributed by atoms with van der Waals surface area (Å²) in [6.45, 7) is 32.7. The van der Waals surface area contributed by atoms with Crippen LogP contribution in [-0.4, -0.2) is 25.0 Å². The molecule has 0 radical (unpaired) electrons. The maximum atomic E-state index is 2.45. The standard InChI is InChI=1S/C14H30.C13H29N/c1-12(8-10-13(2,3)4)9-11-14(5,6)7;1-12(2,3)8-10-14(7)11-9-13(4,5)6/h12H,8-11H2,1-7H3;8-11H2,1-7H3. The largest absolute Gasteiger partial charge is 0.306 e. The van der Waals surface area contributed by atoms with Gasteiger partial charge in [-0.3, -0.25) is 0 Å². The molecule has 0 aliphatic heterocycles. The Balaban J connectivity index is 0. The van der Waals surface area contributed by atoms with Gasteiger partial charge in [-0.15, -0.1) is 0 Å². The first-order chi connectivity index (χ1) is 12.2. The highest BCUT2D eigenvalue weighted by Crippen LogP contribution is 2.29. The van der Waals surface area contributed by atoms with E-state index in [2.05, 4.69) is 102 Å². The van der Waals surface area contributed by atoms with Gasteiger partial charge in [0.2, 0.25) is 0 Å². The van der Waals surface area contributed by atoms with Crippen LogP contribution < -0.4 is 0 Å². The van der Waals surface area contributed by atoms with Gasteiger partial charge in [-0.2, -0.15) is 0 Å². The van der Waals surface area contributed by atoms with Crippen molar-refractivity contribution in [1.82, 2.24) is 4.90 Å². The van der Waals surface area contributed by atoms with Gasteiger partial charge in [-0.1, -0.05) is 103 Å². The first-order valence-corrected chi connectivity index (χ1v) is 11.9.